The zero-order valence-corrected chi connectivity index (χ0v) is 28.5. The topological polar surface area (TPSA) is 204 Å². The smallest absolute Gasteiger partial charge is 0.338 e. The lowest BCUT2D eigenvalue weighted by Crippen LogP contribution is -2.64. The molecule has 5 aromatic rings. The van der Waals surface area contributed by atoms with Crippen molar-refractivity contribution in [1.29, 1.82) is 0 Å². The third kappa shape index (κ3) is 8.18. The molecule has 1 amide bonds. The number of ether oxygens (including phenoxy) is 4. The molecule has 0 radical (unpaired) electrons. The van der Waals surface area contributed by atoms with Gasteiger partial charge in [-0.3, -0.25) is 24.5 Å². The number of nitro groups is 1. The van der Waals surface area contributed by atoms with E-state index in [1.807, 2.05) is 6.07 Å². The summed E-state index contributed by atoms with van der Waals surface area (Å²) in [5.74, 6) is -4.20. The number of nitrogens with one attached hydrogen (secondary N) is 1. The molecule has 16 heteroatoms. The summed E-state index contributed by atoms with van der Waals surface area (Å²) >= 11 is 0. The summed E-state index contributed by atoms with van der Waals surface area (Å²) in [7, 11) is 0. The van der Waals surface area contributed by atoms with Crippen molar-refractivity contribution in [2.45, 2.75) is 50.8 Å². The molecule has 16 nitrogen and oxygen atoms in total. The second kappa shape index (κ2) is 16.2. The summed E-state index contributed by atoms with van der Waals surface area (Å²) in [6.07, 6.45) is -1.85. The van der Waals surface area contributed by atoms with E-state index in [0.29, 0.717) is 11.1 Å². The summed E-state index contributed by atoms with van der Waals surface area (Å²) in [5.41, 5.74) is 1.37. The van der Waals surface area contributed by atoms with Crippen LogP contribution >= 0.6 is 0 Å². The van der Waals surface area contributed by atoms with Crippen LogP contribution in [0.2, 0.25) is 0 Å². The molecule has 53 heavy (non-hydrogen) atoms. The third-order valence-electron chi connectivity index (χ3n) is 8.69. The van der Waals surface area contributed by atoms with Gasteiger partial charge in [0.25, 0.3) is 5.91 Å². The van der Waals surface area contributed by atoms with Crippen LogP contribution in [0.5, 0.6) is 0 Å². The molecule has 3 aromatic carbocycles. The third-order valence-corrected chi connectivity index (χ3v) is 8.69. The normalized spacial score (nSPS) is 20.9. The van der Waals surface area contributed by atoms with E-state index in [-0.39, 0.29) is 29.2 Å². The summed E-state index contributed by atoms with van der Waals surface area (Å²) in [6, 6.07) is 22.2. The highest BCUT2D eigenvalue weighted by Crippen LogP contribution is 2.42. The predicted octanol–water partition coefficient (Wildman–Crippen LogP) is 4.20. The van der Waals surface area contributed by atoms with Crippen molar-refractivity contribution in [2.75, 3.05) is 11.9 Å². The first-order valence-corrected chi connectivity index (χ1v) is 16.5. The Bertz CT molecular complexity index is 2100. The number of carbonyl (C=O) groups excluding carboxylic acids is 4. The average Bonchev–Trinajstić information content (AvgIpc) is 3.59. The minimum absolute atomic E-state index is 0.0168. The highest BCUT2D eigenvalue weighted by atomic mass is 16.6. The van der Waals surface area contributed by atoms with Gasteiger partial charge < -0.3 is 28.8 Å². The van der Waals surface area contributed by atoms with Crippen molar-refractivity contribution in [1.82, 2.24) is 19.5 Å². The second-order valence-electron chi connectivity index (χ2n) is 12.2. The number of amides is 1. The number of nitrogens with zero attached hydrogens (tertiary/aromatic N) is 5. The molecule has 1 saturated carbocycles. The molecule has 1 fully saturated rings. The molecule has 272 valence electrons. The molecule has 0 saturated heterocycles. The van der Waals surface area contributed by atoms with Gasteiger partial charge in [0.15, 0.2) is 23.1 Å². The zero-order valence-electron chi connectivity index (χ0n) is 28.5. The Morgan fingerprint density at radius 1 is 0.792 bits per heavy atom. The van der Waals surface area contributed by atoms with Gasteiger partial charge in [-0.1, -0.05) is 66.7 Å². The molecule has 6 atom stereocenters. The quantitative estimate of drug-likeness (QED) is 0.0831. The van der Waals surface area contributed by atoms with Gasteiger partial charge in [-0.05, 0) is 29.8 Å². The number of rotatable bonds is 12. The monoisotopic (exact) mass is 722 g/mol. The highest BCUT2D eigenvalue weighted by Gasteiger charge is 2.61. The molecule has 2 aromatic heterocycles. The minimum atomic E-state index is -1.75. The van der Waals surface area contributed by atoms with Crippen LogP contribution in [0.4, 0.5) is 5.82 Å². The van der Waals surface area contributed by atoms with Gasteiger partial charge in [-0.2, -0.15) is 0 Å². The van der Waals surface area contributed by atoms with Crippen molar-refractivity contribution in [2.24, 2.45) is 5.92 Å². The summed E-state index contributed by atoms with van der Waals surface area (Å²) in [4.78, 5) is 77.2. The highest BCUT2D eigenvalue weighted by molar-refractivity contribution is 6.06. The number of anilines is 1. The van der Waals surface area contributed by atoms with Crippen molar-refractivity contribution in [3.8, 4) is 0 Å². The molecule has 0 aliphatic heterocycles. The van der Waals surface area contributed by atoms with E-state index in [1.54, 1.807) is 72.8 Å². The maximum absolute atomic E-state index is 13.3. The van der Waals surface area contributed by atoms with Gasteiger partial charge >= 0.3 is 17.9 Å². The second-order valence-corrected chi connectivity index (χ2v) is 12.2. The number of carbonyl (C=O) groups is 4. The van der Waals surface area contributed by atoms with E-state index >= 15 is 0 Å². The molecule has 6 rings (SSSR count). The number of fused-ring (bicyclic) bond motifs is 1. The predicted molar refractivity (Wildman–Crippen MR) is 186 cm³/mol. The van der Waals surface area contributed by atoms with E-state index < -0.39 is 71.7 Å². The Kier molecular flexibility index (Phi) is 11.1. The number of hydrogen-bond acceptors (Lipinski definition) is 13. The van der Waals surface area contributed by atoms with Crippen LogP contribution in [0, 0.1) is 16.0 Å². The zero-order chi connectivity index (χ0) is 37.5. The van der Waals surface area contributed by atoms with Gasteiger partial charge in [0.05, 0.1) is 18.5 Å². The fraction of sp³-hybridized carbons (Fsp3) is 0.270. The summed E-state index contributed by atoms with van der Waals surface area (Å²) in [6.45, 7) is 1.59. The standard InChI is InChI=1S/C37H34N6O10/c1-22(44)52-31-27(19-51-37(47)26-16-10-5-11-17-26)29(43(48)49)30(32(53-23(2)45)33(31)50-18-24-12-6-3-7-13-24)42-21-40-28-34(38-20-39-35(28)42)41-36(46)25-14-8-4-9-15-25/h3-17,20-21,27,29-33H,18-19H2,1-2H3,(H,38,39,41,46)/t27-,29-,30+,31+,32-,33-/m0/s1. The van der Waals surface area contributed by atoms with Gasteiger partial charge in [0.2, 0.25) is 6.04 Å². The van der Waals surface area contributed by atoms with Crippen LogP contribution in [0.3, 0.4) is 0 Å². The van der Waals surface area contributed by atoms with Crippen LogP contribution < -0.4 is 5.32 Å². The maximum Gasteiger partial charge on any atom is 0.338 e. The SMILES string of the molecule is CC(=O)O[C@@H]1[C@@H](COC(=O)c2ccccc2)[C@H]([N+](=O)[O-])[C@@H](n2cnc3c(NC(=O)c4ccccc4)ncnc32)[C@H](OC(C)=O)[C@H]1OCc1ccccc1. The fourth-order valence-electron chi connectivity index (χ4n) is 6.46. The first-order valence-electron chi connectivity index (χ1n) is 16.5. The molecular formula is C37H34N6O10. The molecule has 1 aliphatic rings. The summed E-state index contributed by atoms with van der Waals surface area (Å²) < 4.78 is 24.9. The number of aromatic nitrogens is 4. The summed E-state index contributed by atoms with van der Waals surface area (Å²) in [5, 5.41) is 16.0. The van der Waals surface area contributed by atoms with Crippen LogP contribution in [0.25, 0.3) is 11.2 Å². The Hall–Kier alpha value is -6.55. The molecule has 1 N–H and O–H groups in total. The maximum atomic E-state index is 13.3. The Labute approximate surface area is 302 Å². The van der Waals surface area contributed by atoms with Crippen LogP contribution in [0.15, 0.2) is 104 Å². The first-order chi connectivity index (χ1) is 25.6. The van der Waals surface area contributed by atoms with Crippen molar-refractivity contribution in [3.63, 3.8) is 0 Å². The fourth-order valence-corrected chi connectivity index (χ4v) is 6.46. The van der Waals surface area contributed by atoms with E-state index in [0.717, 1.165) is 20.2 Å². The number of hydrogen-bond donors (Lipinski definition) is 1. The number of imidazole rings is 1. The van der Waals surface area contributed by atoms with E-state index in [1.165, 1.54) is 23.0 Å². The first kappa shape index (κ1) is 36.2. The Morgan fingerprint density at radius 3 is 2.02 bits per heavy atom. The average molecular weight is 723 g/mol. The molecule has 0 unspecified atom stereocenters. The number of benzene rings is 3. The van der Waals surface area contributed by atoms with Crippen LogP contribution in [0.1, 0.15) is 46.2 Å². The van der Waals surface area contributed by atoms with E-state index in [2.05, 4.69) is 20.3 Å². The molecule has 0 bridgehead atoms. The lowest BCUT2D eigenvalue weighted by atomic mass is 9.75. The van der Waals surface area contributed by atoms with Gasteiger partial charge in [-0.25, -0.2) is 19.7 Å². The van der Waals surface area contributed by atoms with Crippen LogP contribution in [-0.2, 0) is 35.1 Å². The molecule has 2 heterocycles. The van der Waals surface area contributed by atoms with Gasteiger partial charge in [0.1, 0.15) is 37.1 Å². The largest absolute Gasteiger partial charge is 0.461 e. The molecule has 0 spiro atoms. The van der Waals surface area contributed by atoms with E-state index in [4.69, 9.17) is 18.9 Å². The van der Waals surface area contributed by atoms with Crippen LogP contribution in [-0.4, -0.2) is 79.2 Å². The molecular weight excluding hydrogens is 688 g/mol. The number of esters is 3. The Morgan fingerprint density at radius 2 is 1.40 bits per heavy atom. The van der Waals surface area contributed by atoms with Gasteiger partial charge in [-0.15, -0.1) is 0 Å². The Balaban J connectivity index is 1.47. The van der Waals surface area contributed by atoms with Gasteiger partial charge in [0, 0.05) is 24.3 Å². The van der Waals surface area contributed by atoms with Crippen molar-refractivity contribution < 1.29 is 43.0 Å². The van der Waals surface area contributed by atoms with Crippen molar-refractivity contribution in [3.05, 3.63) is 130 Å². The minimum Gasteiger partial charge on any atom is -0.461 e. The molecule has 1 aliphatic carbocycles. The van der Waals surface area contributed by atoms with E-state index in [9.17, 15) is 29.3 Å². The van der Waals surface area contributed by atoms with Crippen molar-refractivity contribution >= 4 is 40.8 Å². The lowest BCUT2D eigenvalue weighted by molar-refractivity contribution is -0.551. The lowest BCUT2D eigenvalue weighted by Gasteiger charge is -2.46.